The lowest BCUT2D eigenvalue weighted by molar-refractivity contribution is -0.133. The number of carbonyl (C=O) groups excluding carboxylic acids is 1. The second-order valence-electron chi connectivity index (χ2n) is 9.55. The van der Waals surface area contributed by atoms with E-state index in [9.17, 15) is 4.79 Å². The molecule has 1 heterocycles. The van der Waals surface area contributed by atoms with Crippen molar-refractivity contribution < 1.29 is 4.79 Å². The Labute approximate surface area is 219 Å². The third-order valence-electron chi connectivity index (χ3n) is 6.79. The maximum absolute atomic E-state index is 14.4. The van der Waals surface area contributed by atoms with Crippen LogP contribution < -0.4 is 0 Å². The van der Waals surface area contributed by atoms with Crippen LogP contribution in [0.1, 0.15) is 39.4 Å². The molecule has 4 aromatic carbocycles. The van der Waals surface area contributed by atoms with Crippen molar-refractivity contribution in [2.24, 2.45) is 0 Å². The van der Waals surface area contributed by atoms with Crippen LogP contribution in [0.3, 0.4) is 0 Å². The highest BCUT2D eigenvalue weighted by Gasteiger charge is 2.28. The molecular formula is C34H32N2O. The molecule has 1 amide bonds. The van der Waals surface area contributed by atoms with Gasteiger partial charge in [0.1, 0.15) is 0 Å². The smallest absolute Gasteiger partial charge is 0.235 e. The Kier molecular flexibility index (Phi) is 7.61. The summed E-state index contributed by atoms with van der Waals surface area (Å²) in [4.78, 5) is 16.4. The number of nitrogens with zero attached hydrogens (tertiary/aromatic N) is 2. The Bertz CT molecular complexity index is 1370. The van der Waals surface area contributed by atoms with Crippen molar-refractivity contribution in [1.82, 2.24) is 9.47 Å². The molecule has 3 nitrogen and oxygen atoms in total. The minimum atomic E-state index is -0.369. The Morgan fingerprint density at radius 3 is 1.81 bits per heavy atom. The van der Waals surface area contributed by atoms with E-state index in [-0.39, 0.29) is 11.8 Å². The van der Waals surface area contributed by atoms with Crippen molar-refractivity contribution in [1.29, 1.82) is 0 Å². The van der Waals surface area contributed by atoms with Crippen molar-refractivity contribution in [3.05, 3.63) is 167 Å². The summed E-state index contributed by atoms with van der Waals surface area (Å²) in [5.74, 6) is -0.268. The molecule has 0 unspecified atom stereocenters. The van der Waals surface area contributed by atoms with Crippen LogP contribution in [0.15, 0.2) is 134 Å². The predicted octanol–water partition coefficient (Wildman–Crippen LogP) is 7.21. The quantitative estimate of drug-likeness (QED) is 0.217. The van der Waals surface area contributed by atoms with Gasteiger partial charge in [-0.3, -0.25) is 4.79 Å². The van der Waals surface area contributed by atoms with Gasteiger partial charge in [-0.15, -0.1) is 0 Å². The molecule has 3 heteroatoms. The van der Waals surface area contributed by atoms with Gasteiger partial charge in [-0.05, 0) is 41.3 Å². The Balaban J connectivity index is 1.49. The van der Waals surface area contributed by atoms with E-state index in [4.69, 9.17) is 0 Å². The average molecular weight is 485 g/mol. The van der Waals surface area contributed by atoms with Gasteiger partial charge in [0.05, 0.1) is 12.5 Å². The zero-order chi connectivity index (χ0) is 25.5. The highest BCUT2D eigenvalue weighted by molar-refractivity contribution is 5.87. The zero-order valence-electron chi connectivity index (χ0n) is 21.2. The molecule has 0 saturated carbocycles. The van der Waals surface area contributed by atoms with Gasteiger partial charge in [-0.2, -0.15) is 0 Å². The first-order valence-electron chi connectivity index (χ1n) is 12.8. The van der Waals surface area contributed by atoms with E-state index in [1.54, 1.807) is 0 Å². The number of rotatable bonds is 9. The van der Waals surface area contributed by atoms with Crippen LogP contribution in [-0.2, 0) is 24.4 Å². The summed E-state index contributed by atoms with van der Waals surface area (Å²) in [6.45, 7) is 3.96. The molecule has 5 rings (SSSR count). The molecule has 0 saturated heterocycles. The molecule has 0 aliphatic rings. The number of benzene rings is 4. The largest absolute Gasteiger partial charge is 0.345 e. The molecule has 0 bridgehead atoms. The van der Waals surface area contributed by atoms with E-state index in [2.05, 4.69) is 90.5 Å². The second kappa shape index (κ2) is 11.6. The van der Waals surface area contributed by atoms with Gasteiger partial charge in [0.25, 0.3) is 0 Å². The number of aromatic nitrogens is 1. The van der Waals surface area contributed by atoms with Gasteiger partial charge < -0.3 is 9.47 Å². The van der Waals surface area contributed by atoms with E-state index in [0.717, 1.165) is 28.9 Å². The van der Waals surface area contributed by atoms with Gasteiger partial charge >= 0.3 is 0 Å². The lowest BCUT2D eigenvalue weighted by Crippen LogP contribution is -2.35. The standard InChI is InChI=1S/C34H32N2O/c1-27-19-21-29(22-20-27)24-35-23-11-18-32(35)26-36(25-28-12-5-2-6-13-28)34(37)33(30-14-7-3-8-15-30)31-16-9-4-10-17-31/h2-23,33H,24-26H2,1H3. The summed E-state index contributed by atoms with van der Waals surface area (Å²) >= 11 is 0. The molecule has 0 aliphatic carbocycles. The summed E-state index contributed by atoms with van der Waals surface area (Å²) < 4.78 is 2.25. The van der Waals surface area contributed by atoms with Crippen molar-refractivity contribution in [3.8, 4) is 0 Å². The summed E-state index contributed by atoms with van der Waals surface area (Å²) in [6.07, 6.45) is 2.10. The molecule has 0 atom stereocenters. The number of hydrogen-bond acceptors (Lipinski definition) is 1. The first kappa shape index (κ1) is 24.3. The molecule has 0 N–H and O–H groups in total. The van der Waals surface area contributed by atoms with Gasteiger partial charge in [0.15, 0.2) is 0 Å². The van der Waals surface area contributed by atoms with E-state index in [1.165, 1.54) is 11.1 Å². The van der Waals surface area contributed by atoms with Crippen molar-refractivity contribution in [3.63, 3.8) is 0 Å². The fourth-order valence-corrected chi connectivity index (χ4v) is 4.80. The van der Waals surface area contributed by atoms with Crippen molar-refractivity contribution in [2.75, 3.05) is 0 Å². The maximum Gasteiger partial charge on any atom is 0.235 e. The molecule has 0 aliphatic heterocycles. The Morgan fingerprint density at radius 1 is 0.649 bits per heavy atom. The number of hydrogen-bond donors (Lipinski definition) is 0. The Hall–Kier alpha value is -4.37. The first-order valence-corrected chi connectivity index (χ1v) is 12.8. The normalized spacial score (nSPS) is 11.0. The minimum Gasteiger partial charge on any atom is -0.345 e. The number of amides is 1. The van der Waals surface area contributed by atoms with Crippen LogP contribution in [0.2, 0.25) is 0 Å². The average Bonchev–Trinajstić information content (AvgIpc) is 3.38. The molecule has 184 valence electrons. The van der Waals surface area contributed by atoms with E-state index in [1.807, 2.05) is 59.5 Å². The zero-order valence-corrected chi connectivity index (χ0v) is 21.2. The topological polar surface area (TPSA) is 25.2 Å². The van der Waals surface area contributed by atoms with Crippen molar-refractivity contribution in [2.45, 2.75) is 32.5 Å². The van der Waals surface area contributed by atoms with E-state index >= 15 is 0 Å². The molecule has 0 spiro atoms. The fraction of sp³-hybridized carbons (Fsp3) is 0.147. The summed E-state index contributed by atoms with van der Waals surface area (Å²) in [5.41, 5.74) is 6.75. The van der Waals surface area contributed by atoms with Gasteiger partial charge in [0, 0.05) is 25.0 Å². The maximum atomic E-state index is 14.4. The van der Waals surface area contributed by atoms with Crippen LogP contribution in [0.5, 0.6) is 0 Å². The van der Waals surface area contributed by atoms with Crippen LogP contribution in [0, 0.1) is 6.92 Å². The first-order chi connectivity index (χ1) is 18.2. The van der Waals surface area contributed by atoms with E-state index < -0.39 is 0 Å². The van der Waals surface area contributed by atoms with Crippen LogP contribution in [0.4, 0.5) is 0 Å². The molecule has 1 aromatic heterocycles. The lowest BCUT2D eigenvalue weighted by atomic mass is 9.89. The Morgan fingerprint density at radius 2 is 1.22 bits per heavy atom. The molecule has 37 heavy (non-hydrogen) atoms. The van der Waals surface area contributed by atoms with E-state index in [0.29, 0.717) is 13.1 Å². The van der Waals surface area contributed by atoms with Gasteiger partial charge in [0.2, 0.25) is 5.91 Å². The second-order valence-corrected chi connectivity index (χ2v) is 9.55. The number of carbonyl (C=O) groups is 1. The van der Waals surface area contributed by atoms with Crippen LogP contribution in [0.25, 0.3) is 0 Å². The fourth-order valence-electron chi connectivity index (χ4n) is 4.80. The highest BCUT2D eigenvalue weighted by Crippen LogP contribution is 2.28. The van der Waals surface area contributed by atoms with Crippen molar-refractivity contribution >= 4 is 5.91 Å². The summed E-state index contributed by atoms with van der Waals surface area (Å²) in [5, 5.41) is 0. The lowest BCUT2D eigenvalue weighted by Gasteiger charge is -2.29. The molecule has 0 radical (unpaired) electrons. The number of aryl methyl sites for hydroxylation is 1. The molecule has 0 fully saturated rings. The minimum absolute atomic E-state index is 0.101. The third kappa shape index (κ3) is 6.07. The van der Waals surface area contributed by atoms with Crippen LogP contribution >= 0.6 is 0 Å². The van der Waals surface area contributed by atoms with Gasteiger partial charge in [-0.25, -0.2) is 0 Å². The molecule has 5 aromatic rings. The molecular weight excluding hydrogens is 452 g/mol. The third-order valence-corrected chi connectivity index (χ3v) is 6.79. The SMILES string of the molecule is Cc1ccc(Cn2cccc2CN(Cc2ccccc2)C(=O)C(c2ccccc2)c2ccccc2)cc1. The van der Waals surface area contributed by atoms with Gasteiger partial charge in [-0.1, -0.05) is 121 Å². The summed E-state index contributed by atoms with van der Waals surface area (Å²) in [6, 6.07) is 43.3. The highest BCUT2D eigenvalue weighted by atomic mass is 16.2. The van der Waals surface area contributed by atoms with Crippen LogP contribution in [-0.4, -0.2) is 15.4 Å². The monoisotopic (exact) mass is 484 g/mol. The predicted molar refractivity (Wildman–Crippen MR) is 150 cm³/mol. The summed E-state index contributed by atoms with van der Waals surface area (Å²) in [7, 11) is 0.